The summed E-state index contributed by atoms with van der Waals surface area (Å²) in [6.45, 7) is 4.15. The van der Waals surface area contributed by atoms with E-state index in [2.05, 4.69) is 19.2 Å². The van der Waals surface area contributed by atoms with Crippen LogP contribution in [0.4, 0.5) is 0 Å². The molecule has 0 bridgehead atoms. The maximum atomic E-state index is 12.1. The quantitative estimate of drug-likeness (QED) is 0.715. The lowest BCUT2D eigenvalue weighted by Gasteiger charge is -2.28. The Kier molecular flexibility index (Phi) is 2.75. The van der Waals surface area contributed by atoms with Crippen molar-refractivity contribution in [1.29, 1.82) is 0 Å². The second-order valence-corrected chi connectivity index (χ2v) is 5.48. The van der Waals surface area contributed by atoms with Gasteiger partial charge in [0.2, 0.25) is 5.91 Å². The van der Waals surface area contributed by atoms with Gasteiger partial charge in [0.05, 0.1) is 11.7 Å². The zero-order valence-electron chi connectivity index (χ0n) is 10.0. The van der Waals surface area contributed by atoms with E-state index >= 15 is 0 Å². The van der Waals surface area contributed by atoms with Crippen molar-refractivity contribution in [1.82, 2.24) is 10.2 Å². The molecule has 1 amide bonds. The van der Waals surface area contributed by atoms with Crippen molar-refractivity contribution in [2.75, 3.05) is 7.05 Å². The summed E-state index contributed by atoms with van der Waals surface area (Å²) in [6.07, 6.45) is 6.36. The first kappa shape index (κ1) is 10.9. The minimum absolute atomic E-state index is 0.0744. The lowest BCUT2D eigenvalue weighted by Crippen LogP contribution is -2.46. The first-order chi connectivity index (χ1) is 7.02. The first-order valence-corrected chi connectivity index (χ1v) is 6.08. The average molecular weight is 210 g/mol. The van der Waals surface area contributed by atoms with Gasteiger partial charge in [-0.1, -0.05) is 19.3 Å². The van der Waals surface area contributed by atoms with Gasteiger partial charge < -0.3 is 4.90 Å². The van der Waals surface area contributed by atoms with Crippen molar-refractivity contribution in [2.45, 2.75) is 57.7 Å². The monoisotopic (exact) mass is 210 g/mol. The lowest BCUT2D eigenvalue weighted by atomic mass is 9.84. The van der Waals surface area contributed by atoms with Crippen molar-refractivity contribution in [2.24, 2.45) is 5.92 Å². The molecule has 2 fully saturated rings. The fraction of sp³-hybridized carbons (Fsp3) is 0.917. The highest BCUT2D eigenvalue weighted by Gasteiger charge is 2.45. The Morgan fingerprint density at radius 2 is 1.87 bits per heavy atom. The number of rotatable bonds is 1. The molecule has 3 nitrogen and oxygen atoms in total. The molecular formula is C12H22N2O. The Bertz CT molecular complexity index is 256. The number of amides is 1. The van der Waals surface area contributed by atoms with Gasteiger partial charge in [-0.15, -0.1) is 0 Å². The summed E-state index contributed by atoms with van der Waals surface area (Å²) >= 11 is 0. The largest absolute Gasteiger partial charge is 0.327 e. The molecule has 0 radical (unpaired) electrons. The van der Waals surface area contributed by atoms with Crippen LogP contribution in [0.3, 0.4) is 0 Å². The predicted octanol–water partition coefficient (Wildman–Crippen LogP) is 1.73. The molecule has 1 saturated heterocycles. The van der Waals surface area contributed by atoms with Crippen LogP contribution in [-0.2, 0) is 4.79 Å². The molecule has 1 aliphatic carbocycles. The van der Waals surface area contributed by atoms with Crippen LogP contribution in [0.5, 0.6) is 0 Å². The molecule has 2 aliphatic rings. The van der Waals surface area contributed by atoms with Gasteiger partial charge in [-0.05, 0) is 32.6 Å². The molecule has 1 saturated carbocycles. The number of likely N-dealkylation sites (N-methyl/N-ethyl adjacent to an activating group) is 1. The maximum absolute atomic E-state index is 12.1. The summed E-state index contributed by atoms with van der Waals surface area (Å²) in [5, 5.41) is 3.48. The Balaban J connectivity index is 2.07. The van der Waals surface area contributed by atoms with Crippen molar-refractivity contribution in [3.63, 3.8) is 0 Å². The zero-order chi connectivity index (χ0) is 11.1. The smallest absolute Gasteiger partial charge is 0.241 e. The summed E-state index contributed by atoms with van der Waals surface area (Å²) < 4.78 is 0. The molecule has 3 heteroatoms. The zero-order valence-corrected chi connectivity index (χ0v) is 10.0. The van der Waals surface area contributed by atoms with Crippen LogP contribution in [0.15, 0.2) is 0 Å². The molecule has 86 valence electrons. The van der Waals surface area contributed by atoms with Crippen molar-refractivity contribution in [3.8, 4) is 0 Å². The van der Waals surface area contributed by atoms with Crippen LogP contribution in [0.1, 0.15) is 46.0 Å². The molecule has 1 atom stereocenters. The first-order valence-electron chi connectivity index (χ1n) is 6.08. The van der Waals surface area contributed by atoms with E-state index in [1.165, 1.54) is 32.1 Å². The van der Waals surface area contributed by atoms with Crippen LogP contribution in [-0.4, -0.2) is 29.6 Å². The second-order valence-electron chi connectivity index (χ2n) is 5.48. The van der Waals surface area contributed by atoms with Gasteiger partial charge in [-0.3, -0.25) is 10.1 Å². The van der Waals surface area contributed by atoms with Crippen LogP contribution < -0.4 is 5.32 Å². The Morgan fingerprint density at radius 3 is 2.33 bits per heavy atom. The third kappa shape index (κ3) is 1.89. The van der Waals surface area contributed by atoms with Crippen molar-refractivity contribution in [3.05, 3.63) is 0 Å². The highest BCUT2D eigenvalue weighted by atomic mass is 16.2. The van der Waals surface area contributed by atoms with Crippen LogP contribution in [0, 0.1) is 5.92 Å². The summed E-state index contributed by atoms with van der Waals surface area (Å²) in [5.74, 6) is 0.849. The van der Waals surface area contributed by atoms with Gasteiger partial charge in [0.25, 0.3) is 0 Å². The number of nitrogens with one attached hydrogen (secondary N) is 1. The maximum Gasteiger partial charge on any atom is 0.241 e. The summed E-state index contributed by atoms with van der Waals surface area (Å²) in [5.41, 5.74) is -0.167. The van der Waals surface area contributed by atoms with Gasteiger partial charge in [0.15, 0.2) is 0 Å². The van der Waals surface area contributed by atoms with Gasteiger partial charge in [-0.2, -0.15) is 0 Å². The number of hydrogen-bond donors (Lipinski definition) is 1. The van der Waals surface area contributed by atoms with Crippen LogP contribution in [0.2, 0.25) is 0 Å². The fourth-order valence-corrected chi connectivity index (χ4v) is 2.81. The third-order valence-corrected chi connectivity index (χ3v) is 4.07. The third-order valence-electron chi connectivity index (χ3n) is 4.07. The van der Waals surface area contributed by atoms with Gasteiger partial charge in [0.1, 0.15) is 0 Å². The van der Waals surface area contributed by atoms with E-state index in [4.69, 9.17) is 0 Å². The number of nitrogens with zero attached hydrogens (tertiary/aromatic N) is 1. The SMILES string of the molecule is CN1C(=O)[C@H](C2CCCCC2)NC1(C)C. The molecule has 0 aromatic heterocycles. The van der Waals surface area contributed by atoms with Crippen LogP contribution >= 0.6 is 0 Å². The molecule has 0 unspecified atom stereocenters. The molecule has 0 aromatic carbocycles. The minimum atomic E-state index is -0.167. The van der Waals surface area contributed by atoms with E-state index in [0.29, 0.717) is 5.92 Å². The van der Waals surface area contributed by atoms with E-state index in [0.717, 1.165) is 0 Å². The van der Waals surface area contributed by atoms with Gasteiger partial charge in [-0.25, -0.2) is 0 Å². The van der Waals surface area contributed by atoms with Crippen molar-refractivity contribution < 1.29 is 4.79 Å². The van der Waals surface area contributed by atoms with E-state index < -0.39 is 0 Å². The topological polar surface area (TPSA) is 32.3 Å². The fourth-order valence-electron chi connectivity index (χ4n) is 2.81. The lowest BCUT2D eigenvalue weighted by molar-refractivity contribution is -0.131. The second kappa shape index (κ2) is 3.78. The normalized spacial score (nSPS) is 32.3. The van der Waals surface area contributed by atoms with Gasteiger partial charge in [0, 0.05) is 7.05 Å². The van der Waals surface area contributed by atoms with Crippen LogP contribution in [0.25, 0.3) is 0 Å². The number of hydrogen-bond acceptors (Lipinski definition) is 2. The Morgan fingerprint density at radius 1 is 1.27 bits per heavy atom. The Hall–Kier alpha value is -0.570. The summed E-state index contributed by atoms with van der Waals surface area (Å²) in [7, 11) is 1.90. The molecule has 1 heterocycles. The van der Waals surface area contributed by atoms with E-state index in [1.807, 2.05) is 11.9 Å². The standard InChI is InChI=1S/C12H22N2O/c1-12(2)13-10(11(15)14(12)3)9-7-5-4-6-8-9/h9-10,13H,4-8H2,1-3H3/t10-/m0/s1. The predicted molar refractivity (Wildman–Crippen MR) is 60.3 cm³/mol. The van der Waals surface area contributed by atoms with E-state index in [1.54, 1.807) is 0 Å². The number of carbonyl (C=O) groups is 1. The molecule has 2 rings (SSSR count). The molecule has 0 spiro atoms. The minimum Gasteiger partial charge on any atom is -0.327 e. The molecule has 15 heavy (non-hydrogen) atoms. The average Bonchev–Trinajstić information content (AvgIpc) is 2.44. The molecule has 1 aliphatic heterocycles. The van der Waals surface area contributed by atoms with Crippen molar-refractivity contribution >= 4 is 5.91 Å². The highest BCUT2D eigenvalue weighted by Crippen LogP contribution is 2.32. The number of carbonyl (C=O) groups excluding carboxylic acids is 1. The van der Waals surface area contributed by atoms with E-state index in [-0.39, 0.29) is 17.6 Å². The summed E-state index contributed by atoms with van der Waals surface area (Å²) in [6, 6.07) is 0.0744. The highest BCUT2D eigenvalue weighted by molar-refractivity contribution is 5.85. The molecule has 0 aromatic rings. The van der Waals surface area contributed by atoms with E-state index in [9.17, 15) is 4.79 Å². The van der Waals surface area contributed by atoms with Gasteiger partial charge >= 0.3 is 0 Å². The summed E-state index contributed by atoms with van der Waals surface area (Å²) in [4.78, 5) is 13.9. The Labute approximate surface area is 92.2 Å². The molecule has 1 N–H and O–H groups in total. The molecular weight excluding hydrogens is 188 g/mol.